The van der Waals surface area contributed by atoms with Crippen molar-refractivity contribution >= 4 is 28.3 Å². The van der Waals surface area contributed by atoms with Gasteiger partial charge in [0.15, 0.2) is 5.13 Å². The van der Waals surface area contributed by atoms with E-state index < -0.39 is 0 Å². The molecule has 2 aromatic heterocycles. The highest BCUT2D eigenvalue weighted by Gasteiger charge is 2.15. The number of thiazole rings is 1. The Labute approximate surface area is 120 Å². The zero-order valence-electron chi connectivity index (χ0n) is 11.1. The summed E-state index contributed by atoms with van der Waals surface area (Å²) in [5.41, 5.74) is 1.06. The summed E-state index contributed by atoms with van der Waals surface area (Å²) in [6.45, 7) is 3.24. The molecule has 104 valence electrons. The van der Waals surface area contributed by atoms with E-state index in [4.69, 9.17) is 0 Å². The van der Waals surface area contributed by atoms with E-state index in [0.717, 1.165) is 5.69 Å². The molecule has 0 fully saturated rings. The lowest BCUT2D eigenvalue weighted by Crippen LogP contribution is -2.27. The molecule has 2 amide bonds. The fourth-order valence-electron chi connectivity index (χ4n) is 1.56. The van der Waals surface area contributed by atoms with Crippen molar-refractivity contribution in [2.45, 2.75) is 19.9 Å². The quantitative estimate of drug-likeness (QED) is 0.902. The lowest BCUT2D eigenvalue weighted by Gasteiger charge is -2.11. The summed E-state index contributed by atoms with van der Waals surface area (Å²) in [6, 6.07) is 5.31. The number of nitrogens with one attached hydrogen (secondary N) is 2. The second kappa shape index (κ2) is 6.25. The third kappa shape index (κ3) is 3.61. The number of carbonyl (C=O) groups excluding carboxylic acids is 2. The Morgan fingerprint density at radius 2 is 2.15 bits per heavy atom. The summed E-state index contributed by atoms with van der Waals surface area (Å²) in [4.78, 5) is 31.2. The number of hydrogen-bond acceptors (Lipinski definition) is 5. The van der Waals surface area contributed by atoms with E-state index in [9.17, 15) is 9.59 Å². The van der Waals surface area contributed by atoms with Crippen molar-refractivity contribution in [2.24, 2.45) is 0 Å². The van der Waals surface area contributed by atoms with E-state index in [2.05, 4.69) is 20.6 Å². The molecule has 0 aliphatic heterocycles. The van der Waals surface area contributed by atoms with E-state index in [0.29, 0.717) is 5.13 Å². The van der Waals surface area contributed by atoms with Crippen LogP contribution < -0.4 is 10.6 Å². The van der Waals surface area contributed by atoms with Gasteiger partial charge < -0.3 is 10.6 Å². The first-order chi connectivity index (χ1) is 9.56. The fraction of sp³-hybridized carbons (Fsp3) is 0.231. The van der Waals surface area contributed by atoms with E-state index in [1.165, 1.54) is 18.3 Å². The van der Waals surface area contributed by atoms with E-state index in [1.807, 2.05) is 25.1 Å². The molecule has 0 radical (unpaired) electrons. The Bertz CT molecular complexity index is 612. The monoisotopic (exact) mass is 290 g/mol. The molecule has 20 heavy (non-hydrogen) atoms. The molecule has 0 saturated carbocycles. The molecule has 0 aromatic carbocycles. The predicted molar refractivity (Wildman–Crippen MR) is 76.5 cm³/mol. The maximum Gasteiger partial charge on any atom is 0.271 e. The Hall–Kier alpha value is -2.28. The Kier molecular flexibility index (Phi) is 4.41. The van der Waals surface area contributed by atoms with E-state index in [1.54, 1.807) is 11.6 Å². The number of carbonyl (C=O) groups is 2. The Morgan fingerprint density at radius 3 is 2.80 bits per heavy atom. The minimum atomic E-state index is -0.295. The molecule has 2 heterocycles. The van der Waals surface area contributed by atoms with Crippen molar-refractivity contribution in [1.29, 1.82) is 0 Å². The third-order valence-electron chi connectivity index (χ3n) is 2.50. The smallest absolute Gasteiger partial charge is 0.271 e. The molecule has 0 saturated heterocycles. The number of pyridine rings is 1. The van der Waals surface area contributed by atoms with Gasteiger partial charge in [0.2, 0.25) is 5.91 Å². The zero-order chi connectivity index (χ0) is 14.5. The number of amides is 2. The molecule has 2 aromatic rings. The summed E-state index contributed by atoms with van der Waals surface area (Å²) >= 11 is 1.21. The van der Waals surface area contributed by atoms with Crippen LogP contribution >= 0.6 is 11.3 Å². The highest BCUT2D eigenvalue weighted by atomic mass is 32.1. The number of hydrogen-bond donors (Lipinski definition) is 2. The van der Waals surface area contributed by atoms with Gasteiger partial charge in [-0.15, -0.1) is 11.3 Å². The molecule has 2 rings (SSSR count). The minimum Gasteiger partial charge on any atom is -0.343 e. The average Bonchev–Trinajstić information content (AvgIpc) is 2.87. The first kappa shape index (κ1) is 14.1. The average molecular weight is 290 g/mol. The molecule has 0 aliphatic carbocycles. The Balaban J connectivity index is 2.01. The van der Waals surface area contributed by atoms with Crippen molar-refractivity contribution < 1.29 is 9.59 Å². The maximum atomic E-state index is 12.0. The number of aromatic nitrogens is 2. The minimum absolute atomic E-state index is 0.213. The summed E-state index contributed by atoms with van der Waals surface area (Å²) in [5.74, 6) is -0.510. The molecule has 1 atom stereocenters. The molecule has 2 N–H and O–H groups in total. The second-order valence-electron chi connectivity index (χ2n) is 4.17. The summed E-state index contributed by atoms with van der Waals surface area (Å²) in [7, 11) is 0. The highest BCUT2D eigenvalue weighted by molar-refractivity contribution is 7.14. The summed E-state index contributed by atoms with van der Waals surface area (Å²) < 4.78 is 0. The van der Waals surface area contributed by atoms with Gasteiger partial charge in [-0.3, -0.25) is 14.6 Å². The molecule has 7 heteroatoms. The number of nitrogens with zero attached hydrogens (tertiary/aromatic N) is 2. The number of rotatable bonds is 4. The van der Waals surface area contributed by atoms with Gasteiger partial charge in [0.1, 0.15) is 5.69 Å². The standard InChI is InChI=1S/C13H14N4O2S/c1-8(10-5-3-4-6-14-10)15-12(19)11-7-20-13(17-11)16-9(2)18/h3-8H,1-2H3,(H,15,19)(H,16,17,18). The van der Waals surface area contributed by atoms with Crippen molar-refractivity contribution in [3.05, 3.63) is 41.2 Å². The van der Waals surface area contributed by atoms with Gasteiger partial charge in [-0.2, -0.15) is 0 Å². The van der Waals surface area contributed by atoms with Crippen LogP contribution in [-0.2, 0) is 4.79 Å². The molecular formula is C13H14N4O2S. The van der Waals surface area contributed by atoms with E-state index >= 15 is 0 Å². The summed E-state index contributed by atoms with van der Waals surface area (Å²) in [6.07, 6.45) is 1.68. The lowest BCUT2D eigenvalue weighted by atomic mass is 10.2. The van der Waals surface area contributed by atoms with Crippen molar-refractivity contribution in [3.8, 4) is 0 Å². The maximum absolute atomic E-state index is 12.0. The van der Waals surface area contributed by atoms with Crippen LogP contribution in [0.5, 0.6) is 0 Å². The topological polar surface area (TPSA) is 84.0 Å². The summed E-state index contributed by atoms with van der Waals surface area (Å²) in [5, 5.41) is 7.36. The largest absolute Gasteiger partial charge is 0.343 e. The van der Waals surface area contributed by atoms with Gasteiger partial charge in [0.05, 0.1) is 11.7 Å². The SMILES string of the molecule is CC(=O)Nc1nc(C(=O)NC(C)c2ccccn2)cs1. The molecule has 1 unspecified atom stereocenters. The third-order valence-corrected chi connectivity index (χ3v) is 3.26. The van der Waals surface area contributed by atoms with Crippen molar-refractivity contribution in [2.75, 3.05) is 5.32 Å². The van der Waals surface area contributed by atoms with Crippen LogP contribution in [0, 0.1) is 0 Å². The zero-order valence-corrected chi connectivity index (χ0v) is 11.9. The van der Waals surface area contributed by atoms with Crippen LogP contribution in [0.1, 0.15) is 36.1 Å². The molecular weight excluding hydrogens is 276 g/mol. The fourth-order valence-corrected chi connectivity index (χ4v) is 2.30. The normalized spacial score (nSPS) is 11.7. The molecule has 0 aliphatic rings. The van der Waals surface area contributed by atoms with Crippen LogP contribution in [-0.4, -0.2) is 21.8 Å². The van der Waals surface area contributed by atoms with Crippen molar-refractivity contribution in [3.63, 3.8) is 0 Å². The number of anilines is 1. The highest BCUT2D eigenvalue weighted by Crippen LogP contribution is 2.16. The Morgan fingerprint density at radius 1 is 1.35 bits per heavy atom. The van der Waals surface area contributed by atoms with Gasteiger partial charge in [-0.1, -0.05) is 6.07 Å². The molecule has 0 spiro atoms. The van der Waals surface area contributed by atoms with Gasteiger partial charge in [0.25, 0.3) is 5.91 Å². The van der Waals surface area contributed by atoms with Crippen LogP contribution in [0.2, 0.25) is 0 Å². The van der Waals surface area contributed by atoms with Gasteiger partial charge in [0, 0.05) is 18.5 Å². The lowest BCUT2D eigenvalue weighted by molar-refractivity contribution is -0.114. The van der Waals surface area contributed by atoms with E-state index in [-0.39, 0.29) is 23.6 Å². The van der Waals surface area contributed by atoms with Crippen LogP contribution in [0.4, 0.5) is 5.13 Å². The molecule has 0 bridgehead atoms. The van der Waals surface area contributed by atoms with Crippen LogP contribution in [0.15, 0.2) is 29.8 Å². The van der Waals surface area contributed by atoms with Crippen molar-refractivity contribution in [1.82, 2.24) is 15.3 Å². The second-order valence-corrected chi connectivity index (χ2v) is 5.03. The predicted octanol–water partition coefficient (Wildman–Crippen LogP) is 1.99. The van der Waals surface area contributed by atoms with Gasteiger partial charge >= 0.3 is 0 Å². The van der Waals surface area contributed by atoms with Crippen LogP contribution in [0.3, 0.4) is 0 Å². The van der Waals surface area contributed by atoms with Crippen LogP contribution in [0.25, 0.3) is 0 Å². The molecule has 6 nitrogen and oxygen atoms in total. The first-order valence-electron chi connectivity index (χ1n) is 6.01. The first-order valence-corrected chi connectivity index (χ1v) is 6.89. The van der Waals surface area contributed by atoms with Gasteiger partial charge in [-0.25, -0.2) is 4.98 Å². The van der Waals surface area contributed by atoms with Gasteiger partial charge in [-0.05, 0) is 19.1 Å².